The van der Waals surface area contributed by atoms with E-state index in [2.05, 4.69) is 0 Å². The fourth-order valence-electron chi connectivity index (χ4n) is 0.684. The molecule has 0 aliphatic rings. The van der Waals surface area contributed by atoms with Crippen LogP contribution in [0.4, 0.5) is 0 Å². The molecule has 0 saturated carbocycles. The van der Waals surface area contributed by atoms with Gasteiger partial charge in [0.15, 0.2) is 9.84 Å². The Labute approximate surface area is 84.9 Å². The fourth-order valence-corrected chi connectivity index (χ4v) is 1.13. The molecule has 0 spiro atoms. The van der Waals surface area contributed by atoms with Gasteiger partial charge in [-0.2, -0.15) is 0 Å². The number of sulfone groups is 1. The number of carbonyl (C=O) groups excluding carboxylic acids is 1. The zero-order chi connectivity index (χ0) is 11.0. The molecule has 0 fully saturated rings. The summed E-state index contributed by atoms with van der Waals surface area (Å²) in [6.07, 6.45) is 5.34. The van der Waals surface area contributed by atoms with Crippen LogP contribution in [-0.4, -0.2) is 33.0 Å². The largest absolute Gasteiger partial charge is 0.463 e. The van der Waals surface area contributed by atoms with Gasteiger partial charge in [0.1, 0.15) is 0 Å². The third kappa shape index (κ3) is 9.25. The van der Waals surface area contributed by atoms with Gasteiger partial charge in [0, 0.05) is 12.3 Å². The molecule has 0 saturated heterocycles. The first-order chi connectivity index (χ1) is 6.45. The van der Waals surface area contributed by atoms with Gasteiger partial charge in [0.05, 0.1) is 12.4 Å². The van der Waals surface area contributed by atoms with E-state index in [1.807, 2.05) is 6.92 Å². The standard InChI is InChI=1S/C9H16O4S/c1-3-4-7-13-9(10)6-5-8-14(2,11)12/h5-6H,3-4,7-8H2,1-2H3/b6-5+. The summed E-state index contributed by atoms with van der Waals surface area (Å²) in [6.45, 7) is 2.38. The summed E-state index contributed by atoms with van der Waals surface area (Å²) in [5, 5.41) is 0. The van der Waals surface area contributed by atoms with Crippen molar-refractivity contribution >= 4 is 15.8 Å². The molecule has 14 heavy (non-hydrogen) atoms. The van der Waals surface area contributed by atoms with Gasteiger partial charge in [0.25, 0.3) is 0 Å². The second kappa shape index (κ2) is 6.59. The summed E-state index contributed by atoms with van der Waals surface area (Å²) in [5.41, 5.74) is 0. The van der Waals surface area contributed by atoms with Crippen LogP contribution >= 0.6 is 0 Å². The van der Waals surface area contributed by atoms with Crippen LogP contribution in [0.25, 0.3) is 0 Å². The molecule has 0 bridgehead atoms. The number of hydrogen-bond donors (Lipinski definition) is 0. The van der Waals surface area contributed by atoms with Crippen LogP contribution < -0.4 is 0 Å². The number of hydrogen-bond acceptors (Lipinski definition) is 4. The number of unbranched alkanes of at least 4 members (excludes halogenated alkanes) is 1. The summed E-state index contributed by atoms with van der Waals surface area (Å²) in [6, 6.07) is 0. The second-order valence-electron chi connectivity index (χ2n) is 3.02. The van der Waals surface area contributed by atoms with E-state index in [0.717, 1.165) is 25.2 Å². The Morgan fingerprint density at radius 2 is 2.07 bits per heavy atom. The van der Waals surface area contributed by atoms with Gasteiger partial charge in [-0.15, -0.1) is 0 Å². The Morgan fingerprint density at radius 3 is 2.57 bits per heavy atom. The van der Waals surface area contributed by atoms with Crippen molar-refractivity contribution in [2.45, 2.75) is 19.8 Å². The molecule has 0 aliphatic heterocycles. The molecule has 0 unspecified atom stereocenters. The molecule has 0 rings (SSSR count). The summed E-state index contributed by atoms with van der Waals surface area (Å²) in [5.74, 6) is -0.613. The maximum Gasteiger partial charge on any atom is 0.330 e. The number of esters is 1. The lowest BCUT2D eigenvalue weighted by molar-refractivity contribution is -0.137. The molecule has 0 amide bonds. The van der Waals surface area contributed by atoms with Crippen LogP contribution in [-0.2, 0) is 19.4 Å². The number of rotatable bonds is 6. The first-order valence-electron chi connectivity index (χ1n) is 4.46. The minimum atomic E-state index is -3.04. The predicted octanol–water partition coefficient (Wildman–Crippen LogP) is 0.930. The molecule has 5 heteroatoms. The summed E-state index contributed by atoms with van der Waals surface area (Å²) < 4.78 is 26.1. The Morgan fingerprint density at radius 1 is 1.43 bits per heavy atom. The molecular formula is C9H16O4S. The van der Waals surface area contributed by atoms with Crippen molar-refractivity contribution < 1.29 is 17.9 Å². The van der Waals surface area contributed by atoms with Crippen LogP contribution in [0.3, 0.4) is 0 Å². The molecule has 0 radical (unpaired) electrons. The normalized spacial score (nSPS) is 11.9. The highest BCUT2D eigenvalue weighted by molar-refractivity contribution is 7.90. The van der Waals surface area contributed by atoms with Crippen molar-refractivity contribution in [1.82, 2.24) is 0 Å². The molecule has 0 heterocycles. The maximum atomic E-state index is 10.9. The molecule has 0 aliphatic carbocycles. The van der Waals surface area contributed by atoms with E-state index < -0.39 is 15.8 Å². The monoisotopic (exact) mass is 220 g/mol. The molecule has 0 aromatic carbocycles. The Balaban J connectivity index is 3.72. The van der Waals surface area contributed by atoms with Crippen molar-refractivity contribution in [3.63, 3.8) is 0 Å². The quantitative estimate of drug-likeness (QED) is 0.379. The van der Waals surface area contributed by atoms with Gasteiger partial charge in [0.2, 0.25) is 0 Å². The number of ether oxygens (including phenoxy) is 1. The smallest absolute Gasteiger partial charge is 0.330 e. The van der Waals surface area contributed by atoms with E-state index in [-0.39, 0.29) is 5.75 Å². The SMILES string of the molecule is CCCCOC(=O)/C=C/CS(C)(=O)=O. The van der Waals surface area contributed by atoms with Gasteiger partial charge in [-0.05, 0) is 6.42 Å². The highest BCUT2D eigenvalue weighted by Gasteiger charge is 1.99. The lowest BCUT2D eigenvalue weighted by atomic mass is 10.4. The van der Waals surface area contributed by atoms with E-state index in [9.17, 15) is 13.2 Å². The lowest BCUT2D eigenvalue weighted by Crippen LogP contribution is -2.04. The topological polar surface area (TPSA) is 60.4 Å². The average Bonchev–Trinajstić information content (AvgIpc) is 2.02. The van der Waals surface area contributed by atoms with E-state index in [0.29, 0.717) is 6.61 Å². The third-order valence-electron chi connectivity index (χ3n) is 1.40. The minimum Gasteiger partial charge on any atom is -0.463 e. The van der Waals surface area contributed by atoms with Gasteiger partial charge in [-0.3, -0.25) is 0 Å². The van der Waals surface area contributed by atoms with Crippen LogP contribution in [0.2, 0.25) is 0 Å². The van der Waals surface area contributed by atoms with E-state index >= 15 is 0 Å². The van der Waals surface area contributed by atoms with Crippen molar-refractivity contribution in [3.8, 4) is 0 Å². The first-order valence-corrected chi connectivity index (χ1v) is 6.53. The van der Waals surface area contributed by atoms with Crippen molar-refractivity contribution in [2.24, 2.45) is 0 Å². The van der Waals surface area contributed by atoms with Gasteiger partial charge < -0.3 is 4.74 Å². The van der Waals surface area contributed by atoms with Crippen molar-refractivity contribution in [2.75, 3.05) is 18.6 Å². The zero-order valence-corrected chi connectivity index (χ0v) is 9.34. The fraction of sp³-hybridized carbons (Fsp3) is 0.667. The predicted molar refractivity (Wildman–Crippen MR) is 54.7 cm³/mol. The van der Waals surface area contributed by atoms with Gasteiger partial charge in [-0.1, -0.05) is 19.4 Å². The minimum absolute atomic E-state index is 0.129. The van der Waals surface area contributed by atoms with E-state index in [1.54, 1.807) is 0 Å². The van der Waals surface area contributed by atoms with E-state index in [4.69, 9.17) is 4.74 Å². The van der Waals surface area contributed by atoms with Gasteiger partial charge in [-0.25, -0.2) is 13.2 Å². The van der Waals surface area contributed by atoms with Crippen LogP contribution in [0.1, 0.15) is 19.8 Å². The molecule has 82 valence electrons. The average molecular weight is 220 g/mol. The lowest BCUT2D eigenvalue weighted by Gasteiger charge is -1.98. The molecule has 0 N–H and O–H groups in total. The maximum absolute atomic E-state index is 10.9. The summed E-state index contributed by atoms with van der Waals surface area (Å²) in [4.78, 5) is 10.9. The van der Waals surface area contributed by atoms with E-state index in [1.165, 1.54) is 6.08 Å². The summed E-state index contributed by atoms with van der Waals surface area (Å²) >= 11 is 0. The van der Waals surface area contributed by atoms with Crippen LogP contribution in [0.15, 0.2) is 12.2 Å². The molecule has 4 nitrogen and oxygen atoms in total. The molecular weight excluding hydrogens is 204 g/mol. The summed E-state index contributed by atoms with van der Waals surface area (Å²) in [7, 11) is -3.04. The first kappa shape index (κ1) is 13.2. The van der Waals surface area contributed by atoms with Crippen LogP contribution in [0, 0.1) is 0 Å². The number of carbonyl (C=O) groups is 1. The Bertz CT molecular complexity index is 290. The highest BCUT2D eigenvalue weighted by atomic mass is 32.2. The Hall–Kier alpha value is -0.840. The van der Waals surface area contributed by atoms with Crippen molar-refractivity contribution in [3.05, 3.63) is 12.2 Å². The molecule has 0 aromatic rings. The Kier molecular flexibility index (Phi) is 6.19. The van der Waals surface area contributed by atoms with Gasteiger partial charge >= 0.3 is 5.97 Å². The zero-order valence-electron chi connectivity index (χ0n) is 8.52. The highest BCUT2D eigenvalue weighted by Crippen LogP contribution is 1.91. The third-order valence-corrected chi connectivity index (χ3v) is 2.19. The molecule has 0 atom stereocenters. The molecule has 0 aromatic heterocycles. The van der Waals surface area contributed by atoms with Crippen LogP contribution in [0.5, 0.6) is 0 Å². The van der Waals surface area contributed by atoms with Crippen molar-refractivity contribution in [1.29, 1.82) is 0 Å². The second-order valence-corrected chi connectivity index (χ2v) is 5.20.